The highest BCUT2D eigenvalue weighted by Gasteiger charge is 2.35. The molecular weight excluding hydrogens is 226 g/mol. The molecule has 3 N–H and O–H groups in total. The molecule has 0 heterocycles. The third-order valence-electron chi connectivity index (χ3n) is 3.47. The van der Waals surface area contributed by atoms with Crippen LogP contribution in [0.25, 0.3) is 0 Å². The Kier molecular flexibility index (Phi) is 3.45. The number of amides is 1. The Labute approximate surface area is 108 Å². The molecule has 98 valence electrons. The van der Waals surface area contributed by atoms with E-state index < -0.39 is 0 Å². The summed E-state index contributed by atoms with van der Waals surface area (Å²) in [7, 11) is 3.52. The molecule has 4 nitrogen and oxygen atoms in total. The fourth-order valence-electron chi connectivity index (χ4n) is 2.18. The van der Waals surface area contributed by atoms with Gasteiger partial charge in [0.15, 0.2) is 0 Å². The minimum atomic E-state index is 0.00574. The van der Waals surface area contributed by atoms with Gasteiger partial charge in [-0.1, -0.05) is 13.3 Å². The first-order chi connectivity index (χ1) is 8.52. The van der Waals surface area contributed by atoms with Gasteiger partial charge in [-0.15, -0.1) is 0 Å². The van der Waals surface area contributed by atoms with Crippen LogP contribution in [0.3, 0.4) is 0 Å². The summed E-state index contributed by atoms with van der Waals surface area (Å²) in [6.07, 6.45) is 2.36. The van der Waals surface area contributed by atoms with E-state index in [-0.39, 0.29) is 5.91 Å². The number of hydrogen-bond acceptors (Lipinski definition) is 3. The molecule has 2 rings (SSSR count). The van der Waals surface area contributed by atoms with Crippen LogP contribution in [0.5, 0.6) is 0 Å². The standard InChI is InChI=1S/C14H21N3O/c1-4-9-7-12(9)16-13-8-10(15)5-6-11(13)14(18)17(2)3/h5-6,8-9,12,16H,4,7,15H2,1-3H3. The first kappa shape index (κ1) is 12.7. The van der Waals surface area contributed by atoms with Gasteiger partial charge in [0.25, 0.3) is 5.91 Å². The van der Waals surface area contributed by atoms with Gasteiger partial charge in [0.2, 0.25) is 0 Å². The molecule has 0 spiro atoms. The molecular formula is C14H21N3O. The summed E-state index contributed by atoms with van der Waals surface area (Å²) in [4.78, 5) is 13.7. The Morgan fingerprint density at radius 3 is 2.78 bits per heavy atom. The van der Waals surface area contributed by atoms with Gasteiger partial charge in [-0.3, -0.25) is 4.79 Å². The van der Waals surface area contributed by atoms with Gasteiger partial charge >= 0.3 is 0 Å². The minimum absolute atomic E-state index is 0.00574. The zero-order chi connectivity index (χ0) is 13.3. The Balaban J connectivity index is 2.21. The quantitative estimate of drug-likeness (QED) is 0.802. The van der Waals surface area contributed by atoms with Gasteiger partial charge < -0.3 is 16.0 Å². The van der Waals surface area contributed by atoms with E-state index in [1.54, 1.807) is 31.1 Å². The molecule has 1 aromatic rings. The number of rotatable bonds is 4. The van der Waals surface area contributed by atoms with E-state index >= 15 is 0 Å². The second kappa shape index (κ2) is 4.88. The van der Waals surface area contributed by atoms with Crippen LogP contribution in [0.2, 0.25) is 0 Å². The lowest BCUT2D eigenvalue weighted by atomic mass is 10.1. The van der Waals surface area contributed by atoms with Crippen molar-refractivity contribution in [3.8, 4) is 0 Å². The summed E-state index contributed by atoms with van der Waals surface area (Å²) < 4.78 is 0. The summed E-state index contributed by atoms with van der Waals surface area (Å²) in [5.74, 6) is 0.736. The number of nitrogen functional groups attached to an aromatic ring is 1. The average molecular weight is 247 g/mol. The summed E-state index contributed by atoms with van der Waals surface area (Å²) >= 11 is 0. The van der Waals surface area contributed by atoms with E-state index in [2.05, 4.69) is 12.2 Å². The fraction of sp³-hybridized carbons (Fsp3) is 0.500. The molecule has 1 saturated carbocycles. The van der Waals surface area contributed by atoms with E-state index in [4.69, 9.17) is 5.73 Å². The predicted octanol–water partition coefficient (Wildman–Crippen LogP) is 2.18. The van der Waals surface area contributed by atoms with Crippen molar-refractivity contribution < 1.29 is 4.79 Å². The van der Waals surface area contributed by atoms with Gasteiger partial charge in [-0.05, 0) is 30.5 Å². The Morgan fingerprint density at radius 2 is 2.22 bits per heavy atom. The second-order valence-corrected chi connectivity index (χ2v) is 5.16. The molecule has 0 aliphatic heterocycles. The van der Waals surface area contributed by atoms with Crippen molar-refractivity contribution >= 4 is 17.3 Å². The number of nitrogens with zero attached hydrogens (tertiary/aromatic N) is 1. The van der Waals surface area contributed by atoms with Gasteiger partial charge in [0.05, 0.1) is 5.56 Å². The highest BCUT2D eigenvalue weighted by Crippen LogP contribution is 2.37. The normalized spacial score (nSPS) is 21.5. The van der Waals surface area contributed by atoms with E-state index in [0.717, 1.165) is 11.6 Å². The van der Waals surface area contributed by atoms with Crippen LogP contribution >= 0.6 is 0 Å². The molecule has 2 unspecified atom stereocenters. The number of benzene rings is 1. The Hall–Kier alpha value is -1.71. The maximum Gasteiger partial charge on any atom is 0.255 e. The van der Waals surface area contributed by atoms with Crippen LogP contribution in [0.4, 0.5) is 11.4 Å². The highest BCUT2D eigenvalue weighted by molar-refractivity contribution is 6.00. The number of hydrogen-bond donors (Lipinski definition) is 2. The van der Waals surface area contributed by atoms with Crippen LogP contribution in [0.1, 0.15) is 30.1 Å². The van der Waals surface area contributed by atoms with Crippen molar-refractivity contribution in [2.75, 3.05) is 25.1 Å². The lowest BCUT2D eigenvalue weighted by Gasteiger charge is -2.16. The van der Waals surface area contributed by atoms with Crippen LogP contribution in [-0.4, -0.2) is 30.9 Å². The van der Waals surface area contributed by atoms with Crippen molar-refractivity contribution in [1.29, 1.82) is 0 Å². The summed E-state index contributed by atoms with van der Waals surface area (Å²) in [5.41, 5.74) is 8.03. The van der Waals surface area contributed by atoms with Crippen molar-refractivity contribution in [3.05, 3.63) is 23.8 Å². The number of nitrogens with two attached hydrogens (primary N) is 1. The molecule has 1 aliphatic rings. The first-order valence-corrected chi connectivity index (χ1v) is 6.40. The van der Waals surface area contributed by atoms with Crippen molar-refractivity contribution in [3.63, 3.8) is 0 Å². The molecule has 0 radical (unpaired) electrons. The third kappa shape index (κ3) is 2.58. The maximum absolute atomic E-state index is 12.1. The van der Waals surface area contributed by atoms with Crippen molar-refractivity contribution in [2.24, 2.45) is 5.92 Å². The predicted molar refractivity (Wildman–Crippen MR) is 74.7 cm³/mol. The zero-order valence-corrected chi connectivity index (χ0v) is 11.2. The second-order valence-electron chi connectivity index (χ2n) is 5.16. The molecule has 0 aromatic heterocycles. The Morgan fingerprint density at radius 1 is 1.50 bits per heavy atom. The number of carbonyl (C=O) groups excluding carboxylic acids is 1. The molecule has 18 heavy (non-hydrogen) atoms. The van der Waals surface area contributed by atoms with Crippen LogP contribution in [0.15, 0.2) is 18.2 Å². The lowest BCUT2D eigenvalue weighted by molar-refractivity contribution is 0.0828. The minimum Gasteiger partial charge on any atom is -0.399 e. The molecule has 1 aliphatic carbocycles. The fourth-order valence-corrected chi connectivity index (χ4v) is 2.18. The van der Waals surface area contributed by atoms with Crippen LogP contribution < -0.4 is 11.1 Å². The molecule has 2 atom stereocenters. The van der Waals surface area contributed by atoms with Gasteiger partial charge in [-0.2, -0.15) is 0 Å². The smallest absolute Gasteiger partial charge is 0.255 e. The molecule has 4 heteroatoms. The van der Waals surface area contributed by atoms with Crippen LogP contribution in [-0.2, 0) is 0 Å². The monoisotopic (exact) mass is 247 g/mol. The first-order valence-electron chi connectivity index (χ1n) is 6.40. The summed E-state index contributed by atoms with van der Waals surface area (Å²) in [5, 5.41) is 3.43. The van der Waals surface area contributed by atoms with E-state index in [0.29, 0.717) is 17.3 Å². The molecule has 0 bridgehead atoms. The largest absolute Gasteiger partial charge is 0.399 e. The average Bonchev–Trinajstić information content (AvgIpc) is 3.07. The zero-order valence-electron chi connectivity index (χ0n) is 11.2. The molecule has 1 amide bonds. The number of nitrogens with one attached hydrogen (secondary N) is 1. The Bertz CT molecular complexity index is 456. The molecule has 1 aromatic carbocycles. The third-order valence-corrected chi connectivity index (χ3v) is 3.47. The van der Waals surface area contributed by atoms with Gasteiger partial charge in [-0.25, -0.2) is 0 Å². The van der Waals surface area contributed by atoms with Gasteiger partial charge in [0.1, 0.15) is 0 Å². The van der Waals surface area contributed by atoms with E-state index in [9.17, 15) is 4.79 Å². The van der Waals surface area contributed by atoms with Gasteiger partial charge in [0, 0.05) is 31.5 Å². The van der Waals surface area contributed by atoms with E-state index in [1.807, 2.05) is 6.07 Å². The van der Waals surface area contributed by atoms with Crippen LogP contribution in [0, 0.1) is 5.92 Å². The summed E-state index contributed by atoms with van der Waals surface area (Å²) in [6.45, 7) is 2.19. The lowest BCUT2D eigenvalue weighted by Crippen LogP contribution is -2.23. The number of carbonyl (C=O) groups is 1. The van der Waals surface area contributed by atoms with Crippen molar-refractivity contribution in [2.45, 2.75) is 25.8 Å². The van der Waals surface area contributed by atoms with E-state index in [1.165, 1.54) is 12.8 Å². The maximum atomic E-state index is 12.1. The summed E-state index contributed by atoms with van der Waals surface area (Å²) in [6, 6.07) is 5.91. The SMILES string of the molecule is CCC1CC1Nc1cc(N)ccc1C(=O)N(C)C. The molecule has 1 fully saturated rings. The van der Waals surface area contributed by atoms with Crippen molar-refractivity contribution in [1.82, 2.24) is 4.90 Å². The topological polar surface area (TPSA) is 58.4 Å². The molecule has 0 saturated heterocycles. The highest BCUT2D eigenvalue weighted by atomic mass is 16.2. The number of anilines is 2.